The number of carbonyl (C=O) groups is 1. The molecule has 0 unspecified atom stereocenters. The minimum Gasteiger partial charge on any atom is -0.293 e. The summed E-state index contributed by atoms with van der Waals surface area (Å²) in [6.45, 7) is 3.07. The Kier molecular flexibility index (Phi) is 3.79. The monoisotopic (exact) mass is 329 g/mol. The Bertz CT molecular complexity index is 946. The van der Waals surface area contributed by atoms with Crippen molar-refractivity contribution in [1.29, 1.82) is 0 Å². The van der Waals surface area contributed by atoms with E-state index in [9.17, 15) is 9.59 Å². The summed E-state index contributed by atoms with van der Waals surface area (Å²) in [5, 5.41) is 11.8. The molecule has 3 aromatic rings. The van der Waals surface area contributed by atoms with Gasteiger partial charge in [0.15, 0.2) is 11.5 Å². The Hall–Kier alpha value is -2.80. The van der Waals surface area contributed by atoms with Gasteiger partial charge in [0, 0.05) is 6.92 Å². The van der Waals surface area contributed by atoms with Gasteiger partial charge in [0.05, 0.1) is 17.6 Å². The molecule has 23 heavy (non-hydrogen) atoms. The van der Waals surface area contributed by atoms with Gasteiger partial charge < -0.3 is 0 Å². The molecule has 2 heterocycles. The lowest BCUT2D eigenvalue weighted by atomic mass is 10.2. The first-order chi connectivity index (χ1) is 11.0. The number of hydrogen-bond acceptors (Lipinski definition) is 5. The predicted octanol–water partition coefficient (Wildman–Crippen LogP) is 1.98. The zero-order valence-electron chi connectivity index (χ0n) is 12.4. The van der Waals surface area contributed by atoms with E-state index in [4.69, 9.17) is 11.6 Å². The average Bonchev–Trinajstić information content (AvgIpc) is 2.92. The topological polar surface area (TPSA) is 82.7 Å². The van der Waals surface area contributed by atoms with E-state index >= 15 is 0 Å². The third-order valence-electron chi connectivity index (χ3n) is 3.36. The number of Topliss-reactive ketones (excluding diaryl/α,β-unsaturated/α-hetero) is 1. The summed E-state index contributed by atoms with van der Waals surface area (Å²) in [5.74, 6) is -0.213. The Morgan fingerprint density at radius 1 is 1.17 bits per heavy atom. The first-order valence-corrected chi connectivity index (χ1v) is 7.15. The highest BCUT2D eigenvalue weighted by Gasteiger charge is 2.18. The molecule has 0 aliphatic heterocycles. The molecule has 0 amide bonds. The molecule has 0 N–H and O–H groups in total. The second-order valence-corrected chi connectivity index (χ2v) is 5.27. The van der Waals surface area contributed by atoms with Crippen LogP contribution in [-0.2, 0) is 0 Å². The molecule has 8 heteroatoms. The summed E-state index contributed by atoms with van der Waals surface area (Å²) in [6.07, 6.45) is 1.42. The Labute approximate surface area is 136 Å². The van der Waals surface area contributed by atoms with Gasteiger partial charge in [-0.05, 0) is 19.1 Å². The van der Waals surface area contributed by atoms with E-state index in [1.54, 1.807) is 31.2 Å². The molecule has 0 fully saturated rings. The molecule has 0 atom stereocenters. The second-order valence-electron chi connectivity index (χ2n) is 4.89. The maximum atomic E-state index is 12.5. The normalized spacial score (nSPS) is 10.7. The van der Waals surface area contributed by atoms with Gasteiger partial charge in [0.2, 0.25) is 0 Å². The van der Waals surface area contributed by atoms with Crippen molar-refractivity contribution >= 4 is 17.4 Å². The molecule has 0 bridgehead atoms. The van der Waals surface area contributed by atoms with E-state index in [-0.39, 0.29) is 22.2 Å². The predicted molar refractivity (Wildman–Crippen MR) is 84.5 cm³/mol. The van der Waals surface area contributed by atoms with Crippen LogP contribution >= 0.6 is 11.6 Å². The number of ketones is 1. The summed E-state index contributed by atoms with van der Waals surface area (Å²) in [4.78, 5) is 23.9. The summed E-state index contributed by atoms with van der Waals surface area (Å²) in [6, 6.07) is 8.93. The molecular weight excluding hydrogens is 318 g/mol. The quantitative estimate of drug-likeness (QED) is 0.686. The van der Waals surface area contributed by atoms with Gasteiger partial charge in [-0.15, -0.1) is 5.10 Å². The largest absolute Gasteiger partial charge is 0.293 e. The van der Waals surface area contributed by atoms with Crippen LogP contribution in [0.3, 0.4) is 0 Å². The molecular formula is C15H12ClN5O2. The minimum atomic E-state index is -0.477. The number of hydrogen-bond donors (Lipinski definition) is 0. The fourth-order valence-corrected chi connectivity index (χ4v) is 2.42. The number of carbonyl (C=O) groups excluding carboxylic acids is 1. The van der Waals surface area contributed by atoms with Crippen molar-refractivity contribution in [2.45, 2.75) is 13.8 Å². The van der Waals surface area contributed by atoms with Gasteiger partial charge >= 0.3 is 0 Å². The molecule has 116 valence electrons. The molecule has 0 spiro atoms. The Morgan fingerprint density at radius 2 is 1.87 bits per heavy atom. The van der Waals surface area contributed by atoms with Crippen LogP contribution in [0.1, 0.15) is 23.1 Å². The maximum absolute atomic E-state index is 12.5. The minimum absolute atomic E-state index is 0.0491. The average molecular weight is 330 g/mol. The molecule has 3 rings (SSSR count). The molecule has 0 aliphatic rings. The summed E-state index contributed by atoms with van der Waals surface area (Å²) < 4.78 is 2.53. The molecule has 2 aromatic heterocycles. The second kappa shape index (κ2) is 5.77. The first kappa shape index (κ1) is 15.1. The van der Waals surface area contributed by atoms with Crippen LogP contribution in [0.25, 0.3) is 11.4 Å². The van der Waals surface area contributed by atoms with Crippen LogP contribution in [0.15, 0.2) is 41.3 Å². The van der Waals surface area contributed by atoms with Crippen LogP contribution in [0.4, 0.5) is 0 Å². The van der Waals surface area contributed by atoms with Crippen LogP contribution in [0.2, 0.25) is 5.02 Å². The zero-order valence-corrected chi connectivity index (χ0v) is 13.2. The van der Waals surface area contributed by atoms with E-state index in [2.05, 4.69) is 15.4 Å². The SMILES string of the molecule is CC(=O)c1nnn(-c2cnn(-c3ccccc3)c(=O)c2Cl)c1C. The van der Waals surface area contributed by atoms with Gasteiger partial charge in [-0.3, -0.25) is 9.59 Å². The zero-order chi connectivity index (χ0) is 16.6. The number of halogens is 1. The third kappa shape index (κ3) is 2.55. The molecule has 0 radical (unpaired) electrons. The number of nitrogens with zero attached hydrogens (tertiary/aromatic N) is 5. The van der Waals surface area contributed by atoms with Gasteiger partial charge in [-0.1, -0.05) is 35.0 Å². The van der Waals surface area contributed by atoms with Crippen LogP contribution in [0.5, 0.6) is 0 Å². The molecule has 0 aliphatic carbocycles. The number of rotatable bonds is 3. The van der Waals surface area contributed by atoms with E-state index in [1.807, 2.05) is 6.07 Å². The van der Waals surface area contributed by atoms with Gasteiger partial charge in [0.1, 0.15) is 10.7 Å². The summed E-state index contributed by atoms with van der Waals surface area (Å²) in [5.41, 5.74) is 1.13. The highest BCUT2D eigenvalue weighted by atomic mass is 35.5. The van der Waals surface area contributed by atoms with Gasteiger partial charge in [-0.2, -0.15) is 9.78 Å². The lowest BCUT2D eigenvalue weighted by Crippen LogP contribution is -2.23. The standard InChI is InChI=1S/C15H12ClN5O2/c1-9-14(10(2)22)18-19-20(9)12-8-17-21(15(23)13(12)16)11-6-4-3-5-7-11/h3-8H,1-2H3. The Balaban J connectivity index is 2.15. The molecule has 0 saturated heterocycles. The fourth-order valence-electron chi connectivity index (χ4n) is 2.21. The highest BCUT2D eigenvalue weighted by Crippen LogP contribution is 2.18. The fraction of sp³-hybridized carbons (Fsp3) is 0.133. The van der Waals surface area contributed by atoms with E-state index < -0.39 is 5.56 Å². The first-order valence-electron chi connectivity index (χ1n) is 6.77. The smallest absolute Gasteiger partial charge is 0.292 e. The van der Waals surface area contributed by atoms with Gasteiger partial charge in [0.25, 0.3) is 5.56 Å². The van der Waals surface area contributed by atoms with Crippen molar-refractivity contribution in [1.82, 2.24) is 24.8 Å². The van der Waals surface area contributed by atoms with Gasteiger partial charge in [-0.25, -0.2) is 4.68 Å². The van der Waals surface area contributed by atoms with Crippen molar-refractivity contribution in [2.24, 2.45) is 0 Å². The number of benzene rings is 1. The summed E-state index contributed by atoms with van der Waals surface area (Å²) in [7, 11) is 0. The summed E-state index contributed by atoms with van der Waals surface area (Å²) >= 11 is 6.20. The van der Waals surface area contributed by atoms with E-state index in [1.165, 1.54) is 22.5 Å². The van der Waals surface area contributed by atoms with Crippen molar-refractivity contribution in [3.63, 3.8) is 0 Å². The van der Waals surface area contributed by atoms with Crippen molar-refractivity contribution in [3.05, 3.63) is 63.3 Å². The van der Waals surface area contributed by atoms with Crippen molar-refractivity contribution < 1.29 is 4.79 Å². The molecule has 1 aromatic carbocycles. The Morgan fingerprint density at radius 3 is 2.48 bits per heavy atom. The highest BCUT2D eigenvalue weighted by molar-refractivity contribution is 6.32. The van der Waals surface area contributed by atoms with E-state index in [0.29, 0.717) is 11.4 Å². The van der Waals surface area contributed by atoms with Crippen molar-refractivity contribution in [3.8, 4) is 11.4 Å². The van der Waals surface area contributed by atoms with Crippen molar-refractivity contribution in [2.75, 3.05) is 0 Å². The number of para-hydroxylation sites is 1. The maximum Gasteiger partial charge on any atom is 0.292 e. The lowest BCUT2D eigenvalue weighted by molar-refractivity contribution is 0.101. The third-order valence-corrected chi connectivity index (χ3v) is 3.71. The van der Waals surface area contributed by atoms with Crippen LogP contribution in [-0.4, -0.2) is 30.6 Å². The van der Waals surface area contributed by atoms with Crippen LogP contribution < -0.4 is 5.56 Å². The number of aromatic nitrogens is 5. The van der Waals surface area contributed by atoms with E-state index in [0.717, 1.165) is 0 Å². The lowest BCUT2D eigenvalue weighted by Gasteiger charge is -2.08. The molecule has 0 saturated carbocycles. The van der Waals surface area contributed by atoms with Crippen LogP contribution in [0, 0.1) is 6.92 Å². The molecule has 7 nitrogen and oxygen atoms in total.